The standard InChI is InChI=1S/C34H66N6O4/c1-3-5-7-15-22-30(23-16-8-6-4-2)44-32(43)25-18-12-10-14-20-27-39(26-19-13-9-11-17-24-31(41)42)28-21-29-40-34(36)37-33(35)38-40/h30H,3-29H2,1-2H3,(H,41,42)(H4,35,36,37,38). The number of hydrogen-bond acceptors (Lipinski definition) is 8. The normalized spacial score (nSPS) is 11.5. The maximum atomic E-state index is 12.6. The molecular weight excluding hydrogens is 556 g/mol. The van der Waals surface area contributed by atoms with E-state index in [2.05, 4.69) is 28.8 Å². The molecule has 10 nitrogen and oxygen atoms in total. The molecule has 0 unspecified atom stereocenters. The smallest absolute Gasteiger partial charge is 0.306 e. The number of carboxylic acids is 1. The minimum Gasteiger partial charge on any atom is -0.481 e. The number of carbonyl (C=O) groups excluding carboxylic acids is 1. The van der Waals surface area contributed by atoms with E-state index in [1.165, 1.54) is 38.5 Å². The van der Waals surface area contributed by atoms with Gasteiger partial charge in [0, 0.05) is 19.4 Å². The maximum Gasteiger partial charge on any atom is 0.306 e. The molecule has 0 aromatic carbocycles. The molecule has 0 saturated heterocycles. The number of aliphatic carboxylic acids is 1. The van der Waals surface area contributed by atoms with Crippen molar-refractivity contribution in [3.63, 3.8) is 0 Å². The molecule has 0 radical (unpaired) electrons. The lowest BCUT2D eigenvalue weighted by molar-refractivity contribution is -0.150. The van der Waals surface area contributed by atoms with E-state index in [1.807, 2.05) is 0 Å². The van der Waals surface area contributed by atoms with Gasteiger partial charge in [0.25, 0.3) is 0 Å². The van der Waals surface area contributed by atoms with Gasteiger partial charge in [0.1, 0.15) is 6.10 Å². The van der Waals surface area contributed by atoms with Crippen LogP contribution in [0.5, 0.6) is 0 Å². The van der Waals surface area contributed by atoms with Crippen LogP contribution in [-0.2, 0) is 20.9 Å². The Balaban J connectivity index is 2.31. The molecular formula is C34H66N6O4. The van der Waals surface area contributed by atoms with E-state index in [0.29, 0.717) is 18.9 Å². The van der Waals surface area contributed by atoms with E-state index in [-0.39, 0.29) is 24.4 Å². The number of esters is 1. The molecule has 0 saturated carbocycles. The minimum atomic E-state index is -0.708. The van der Waals surface area contributed by atoms with Gasteiger partial charge in [-0.15, -0.1) is 5.10 Å². The van der Waals surface area contributed by atoms with Gasteiger partial charge in [-0.05, 0) is 77.4 Å². The number of aromatic nitrogens is 3. The number of aryl methyl sites for hydroxylation is 1. The lowest BCUT2D eigenvalue weighted by atomic mass is 10.0. The van der Waals surface area contributed by atoms with E-state index < -0.39 is 5.97 Å². The SMILES string of the molecule is CCCCCCC(CCCCCC)OC(=O)CCCCCCCN(CCCCCCCC(=O)O)CCCn1nc(N)nc1N. The highest BCUT2D eigenvalue weighted by atomic mass is 16.5. The van der Waals surface area contributed by atoms with Crippen LogP contribution in [0.1, 0.15) is 162 Å². The predicted molar refractivity (Wildman–Crippen MR) is 180 cm³/mol. The number of anilines is 2. The summed E-state index contributed by atoms with van der Waals surface area (Å²) in [5.74, 6) is -0.153. The number of hydrogen-bond donors (Lipinski definition) is 3. The van der Waals surface area contributed by atoms with E-state index in [0.717, 1.165) is 116 Å². The second-order valence-corrected chi connectivity index (χ2v) is 12.5. The zero-order chi connectivity index (χ0) is 32.3. The molecule has 0 aliphatic rings. The summed E-state index contributed by atoms with van der Waals surface area (Å²) in [6, 6.07) is 0. The third kappa shape index (κ3) is 22.2. The first-order chi connectivity index (χ1) is 21.3. The first kappa shape index (κ1) is 39.7. The monoisotopic (exact) mass is 623 g/mol. The number of carboxylic acid groups (broad SMARTS) is 1. The summed E-state index contributed by atoms with van der Waals surface area (Å²) in [4.78, 5) is 29.8. The van der Waals surface area contributed by atoms with Gasteiger partial charge < -0.3 is 26.2 Å². The van der Waals surface area contributed by atoms with Crippen LogP contribution >= 0.6 is 0 Å². The topological polar surface area (TPSA) is 150 Å². The Bertz CT molecular complexity index is 838. The summed E-state index contributed by atoms with van der Waals surface area (Å²) in [6.07, 6.45) is 24.1. The van der Waals surface area contributed by atoms with Crippen molar-refractivity contribution < 1.29 is 19.4 Å². The van der Waals surface area contributed by atoms with Crippen molar-refractivity contribution in [2.24, 2.45) is 0 Å². The highest BCUT2D eigenvalue weighted by Gasteiger charge is 2.14. The first-order valence-electron chi connectivity index (χ1n) is 17.9. The third-order valence-electron chi connectivity index (χ3n) is 8.34. The molecule has 256 valence electrons. The summed E-state index contributed by atoms with van der Waals surface area (Å²) < 4.78 is 7.60. The third-order valence-corrected chi connectivity index (χ3v) is 8.34. The number of carbonyl (C=O) groups is 2. The number of nitrogens with two attached hydrogens (primary N) is 2. The second kappa shape index (κ2) is 27.0. The average molecular weight is 623 g/mol. The summed E-state index contributed by atoms with van der Waals surface area (Å²) >= 11 is 0. The Hall–Kier alpha value is -2.36. The molecule has 0 aliphatic carbocycles. The molecule has 1 heterocycles. The molecule has 0 amide bonds. The van der Waals surface area contributed by atoms with Crippen LogP contribution in [-0.4, -0.2) is 62.4 Å². The molecule has 0 spiro atoms. The molecule has 10 heteroatoms. The number of unbranched alkanes of at least 4 members (excludes halogenated alkanes) is 14. The molecule has 0 fully saturated rings. The van der Waals surface area contributed by atoms with Crippen LogP contribution < -0.4 is 11.5 Å². The van der Waals surface area contributed by atoms with Crippen LogP contribution in [0.3, 0.4) is 0 Å². The van der Waals surface area contributed by atoms with E-state index in [4.69, 9.17) is 21.3 Å². The lowest BCUT2D eigenvalue weighted by Gasteiger charge is -2.22. The molecule has 0 aliphatic heterocycles. The van der Waals surface area contributed by atoms with Gasteiger partial charge in [0.05, 0.1) is 0 Å². The predicted octanol–water partition coefficient (Wildman–Crippen LogP) is 7.75. The Morgan fingerprint density at radius 3 is 1.75 bits per heavy atom. The van der Waals surface area contributed by atoms with Crippen molar-refractivity contribution in [3.8, 4) is 0 Å². The number of nitrogen functional groups attached to an aromatic ring is 2. The van der Waals surface area contributed by atoms with Gasteiger partial charge in [-0.3, -0.25) is 9.59 Å². The highest BCUT2D eigenvalue weighted by Crippen LogP contribution is 2.17. The average Bonchev–Trinajstić information content (AvgIpc) is 3.31. The summed E-state index contributed by atoms with van der Waals surface area (Å²) in [5, 5.41) is 13.0. The van der Waals surface area contributed by atoms with E-state index >= 15 is 0 Å². The number of nitrogens with zero attached hydrogens (tertiary/aromatic N) is 4. The highest BCUT2D eigenvalue weighted by molar-refractivity contribution is 5.69. The van der Waals surface area contributed by atoms with Crippen molar-refractivity contribution in [3.05, 3.63) is 0 Å². The first-order valence-corrected chi connectivity index (χ1v) is 17.9. The van der Waals surface area contributed by atoms with E-state index in [1.54, 1.807) is 4.68 Å². The Morgan fingerprint density at radius 1 is 0.727 bits per heavy atom. The zero-order valence-electron chi connectivity index (χ0n) is 28.3. The van der Waals surface area contributed by atoms with Crippen LogP contribution in [0.4, 0.5) is 11.9 Å². The zero-order valence-corrected chi connectivity index (χ0v) is 28.3. The Labute approximate surface area is 268 Å². The van der Waals surface area contributed by atoms with E-state index in [9.17, 15) is 9.59 Å². The largest absolute Gasteiger partial charge is 0.481 e. The molecule has 0 bridgehead atoms. The Morgan fingerprint density at radius 2 is 1.23 bits per heavy atom. The summed E-state index contributed by atoms with van der Waals surface area (Å²) in [6.45, 7) is 8.20. The molecule has 1 aromatic heterocycles. The fourth-order valence-electron chi connectivity index (χ4n) is 5.70. The molecule has 1 rings (SSSR count). The Kier molecular flexibility index (Phi) is 24.3. The quantitative estimate of drug-likeness (QED) is 0.0558. The van der Waals surface area contributed by atoms with Crippen LogP contribution in [0, 0.1) is 0 Å². The molecule has 5 N–H and O–H groups in total. The lowest BCUT2D eigenvalue weighted by Crippen LogP contribution is -2.28. The summed E-state index contributed by atoms with van der Waals surface area (Å²) in [7, 11) is 0. The van der Waals surface area contributed by atoms with Crippen LogP contribution in [0.2, 0.25) is 0 Å². The molecule has 44 heavy (non-hydrogen) atoms. The van der Waals surface area contributed by atoms with Gasteiger partial charge in [0.15, 0.2) is 0 Å². The fraction of sp³-hybridized carbons (Fsp3) is 0.882. The second-order valence-electron chi connectivity index (χ2n) is 12.5. The number of ether oxygens (including phenoxy) is 1. The molecule has 1 aromatic rings. The van der Waals surface area contributed by atoms with Gasteiger partial charge in [-0.25, -0.2) is 4.68 Å². The van der Waals surface area contributed by atoms with Crippen LogP contribution in [0.25, 0.3) is 0 Å². The van der Waals surface area contributed by atoms with Gasteiger partial charge in [-0.1, -0.05) is 90.9 Å². The minimum absolute atomic E-state index is 0.00936. The maximum absolute atomic E-state index is 12.6. The van der Waals surface area contributed by atoms with Crippen molar-refractivity contribution in [2.45, 2.75) is 174 Å². The van der Waals surface area contributed by atoms with Crippen LogP contribution in [0.15, 0.2) is 0 Å². The van der Waals surface area contributed by atoms with Crippen molar-refractivity contribution >= 4 is 23.8 Å². The number of rotatable bonds is 31. The molecule has 0 atom stereocenters. The fourth-order valence-corrected chi connectivity index (χ4v) is 5.70. The van der Waals surface area contributed by atoms with Crippen molar-refractivity contribution in [2.75, 3.05) is 31.1 Å². The van der Waals surface area contributed by atoms with Gasteiger partial charge in [-0.2, -0.15) is 4.98 Å². The van der Waals surface area contributed by atoms with Crippen molar-refractivity contribution in [1.29, 1.82) is 0 Å². The van der Waals surface area contributed by atoms with Gasteiger partial charge >= 0.3 is 11.9 Å². The summed E-state index contributed by atoms with van der Waals surface area (Å²) in [5.41, 5.74) is 11.5. The van der Waals surface area contributed by atoms with Crippen molar-refractivity contribution in [1.82, 2.24) is 19.7 Å². The van der Waals surface area contributed by atoms with Gasteiger partial charge in [0.2, 0.25) is 11.9 Å².